The lowest BCUT2D eigenvalue weighted by Gasteiger charge is -2.17. The van der Waals surface area contributed by atoms with Crippen molar-refractivity contribution in [1.29, 1.82) is 0 Å². The smallest absolute Gasteiger partial charge is 0.394 e. The molecule has 0 aliphatic carbocycles. The van der Waals surface area contributed by atoms with Gasteiger partial charge in [0.1, 0.15) is 12.0 Å². The number of para-hydroxylation sites is 1. The molecule has 26 heavy (non-hydrogen) atoms. The minimum Gasteiger partial charge on any atom is -0.427 e. The van der Waals surface area contributed by atoms with Crippen LogP contribution in [0.3, 0.4) is 0 Å². The fourth-order valence-corrected chi connectivity index (χ4v) is 3.38. The van der Waals surface area contributed by atoms with E-state index in [0.29, 0.717) is 25.1 Å². The molecular formula is C16H20N3O6P. The van der Waals surface area contributed by atoms with Crippen molar-refractivity contribution >= 4 is 8.60 Å². The Morgan fingerprint density at radius 3 is 2.88 bits per heavy atom. The molecule has 1 aliphatic heterocycles. The van der Waals surface area contributed by atoms with Crippen LogP contribution in [0.1, 0.15) is 24.6 Å². The van der Waals surface area contributed by atoms with E-state index in [-0.39, 0.29) is 12.7 Å². The lowest BCUT2D eigenvalue weighted by Crippen LogP contribution is -2.31. The molecule has 3 atom stereocenters. The van der Waals surface area contributed by atoms with Crippen LogP contribution in [0.4, 0.5) is 0 Å². The first-order valence-corrected chi connectivity index (χ1v) is 9.24. The van der Waals surface area contributed by atoms with Crippen LogP contribution in [0.15, 0.2) is 46.1 Å². The summed E-state index contributed by atoms with van der Waals surface area (Å²) in [5.41, 5.74) is 5.43. The highest BCUT2D eigenvalue weighted by Crippen LogP contribution is 2.38. The first kappa shape index (κ1) is 18.8. The number of hydrogen-bond acceptors (Lipinski definition) is 7. The summed E-state index contributed by atoms with van der Waals surface area (Å²) in [6.45, 7) is 0.419. The van der Waals surface area contributed by atoms with Crippen LogP contribution in [-0.4, -0.2) is 27.2 Å². The molecule has 1 saturated heterocycles. The molecule has 9 nitrogen and oxygen atoms in total. The first-order valence-electron chi connectivity index (χ1n) is 8.11. The molecule has 3 unspecified atom stereocenters. The number of nitrogens with two attached hydrogens (primary N) is 1. The number of aromatic nitrogens is 2. The molecule has 1 aromatic carbocycles. The third-order valence-corrected chi connectivity index (χ3v) is 4.71. The Balaban J connectivity index is 1.51. The van der Waals surface area contributed by atoms with Gasteiger partial charge in [-0.25, -0.2) is 4.79 Å². The molecule has 140 valence electrons. The maximum absolute atomic E-state index is 11.8. The molecule has 0 bridgehead atoms. The van der Waals surface area contributed by atoms with Crippen molar-refractivity contribution in [3.8, 4) is 5.75 Å². The second-order valence-corrected chi connectivity index (χ2v) is 6.66. The fraction of sp³-hybridized carbons (Fsp3) is 0.375. The summed E-state index contributed by atoms with van der Waals surface area (Å²) in [6, 6.07) is 8.41. The molecule has 1 aromatic heterocycles. The van der Waals surface area contributed by atoms with Gasteiger partial charge in [-0.05, 0) is 18.9 Å². The Morgan fingerprint density at radius 1 is 1.31 bits per heavy atom. The summed E-state index contributed by atoms with van der Waals surface area (Å²) >= 11 is 0. The van der Waals surface area contributed by atoms with Crippen molar-refractivity contribution in [1.82, 2.24) is 9.55 Å². The van der Waals surface area contributed by atoms with Crippen LogP contribution in [0.5, 0.6) is 5.75 Å². The van der Waals surface area contributed by atoms with Gasteiger partial charge in [0.25, 0.3) is 5.56 Å². The van der Waals surface area contributed by atoms with Crippen LogP contribution in [0.2, 0.25) is 0 Å². The van der Waals surface area contributed by atoms with E-state index in [1.165, 1.54) is 16.8 Å². The number of nitrogens with one attached hydrogen (secondary N) is 1. The fourth-order valence-electron chi connectivity index (χ4n) is 2.69. The summed E-state index contributed by atoms with van der Waals surface area (Å²) in [4.78, 5) is 35.1. The van der Waals surface area contributed by atoms with E-state index < -0.39 is 26.1 Å². The number of rotatable bonds is 7. The lowest BCUT2D eigenvalue weighted by molar-refractivity contribution is -0.0213. The SMILES string of the molecule is NCc1ccccc1OP(O)OCC1CCC(n2ccc(=O)[nH]c2=O)O1. The van der Waals surface area contributed by atoms with E-state index in [4.69, 9.17) is 19.5 Å². The minimum absolute atomic E-state index is 0.127. The van der Waals surface area contributed by atoms with E-state index in [0.717, 1.165) is 5.56 Å². The number of hydrogen-bond donors (Lipinski definition) is 3. The molecule has 3 rings (SSSR count). The second kappa shape index (κ2) is 8.57. The van der Waals surface area contributed by atoms with Gasteiger partial charge in [-0.2, -0.15) is 0 Å². The van der Waals surface area contributed by atoms with Gasteiger partial charge < -0.3 is 19.9 Å². The molecule has 1 fully saturated rings. The average Bonchev–Trinajstić information content (AvgIpc) is 3.09. The molecule has 0 spiro atoms. The number of aromatic amines is 1. The van der Waals surface area contributed by atoms with Crippen molar-refractivity contribution in [2.75, 3.05) is 6.61 Å². The van der Waals surface area contributed by atoms with E-state index in [1.54, 1.807) is 12.1 Å². The molecular weight excluding hydrogens is 361 g/mol. The Hall–Kier alpha value is -2.03. The third-order valence-electron chi connectivity index (χ3n) is 3.99. The van der Waals surface area contributed by atoms with Crippen molar-refractivity contribution in [3.63, 3.8) is 0 Å². The number of ether oxygens (including phenoxy) is 1. The molecule has 0 amide bonds. The van der Waals surface area contributed by atoms with Crippen LogP contribution in [0.25, 0.3) is 0 Å². The topological polar surface area (TPSA) is 129 Å². The van der Waals surface area contributed by atoms with Crippen LogP contribution in [0, 0.1) is 0 Å². The van der Waals surface area contributed by atoms with E-state index >= 15 is 0 Å². The highest BCUT2D eigenvalue weighted by Gasteiger charge is 2.28. The van der Waals surface area contributed by atoms with E-state index in [1.807, 2.05) is 12.1 Å². The molecule has 2 heterocycles. The number of H-pyrrole nitrogens is 1. The van der Waals surface area contributed by atoms with Crippen molar-refractivity contribution in [3.05, 3.63) is 62.9 Å². The van der Waals surface area contributed by atoms with Crippen LogP contribution < -0.4 is 21.5 Å². The summed E-state index contributed by atoms with van der Waals surface area (Å²) in [7, 11) is -2.13. The Labute approximate surface area is 150 Å². The summed E-state index contributed by atoms with van der Waals surface area (Å²) in [5, 5.41) is 0. The van der Waals surface area contributed by atoms with Gasteiger partial charge in [-0.15, -0.1) is 0 Å². The number of benzene rings is 1. The zero-order chi connectivity index (χ0) is 18.5. The highest BCUT2D eigenvalue weighted by atomic mass is 31.2. The van der Waals surface area contributed by atoms with Crippen molar-refractivity contribution in [2.45, 2.75) is 31.7 Å². The van der Waals surface area contributed by atoms with Gasteiger partial charge in [0, 0.05) is 24.4 Å². The van der Waals surface area contributed by atoms with Gasteiger partial charge in [0.15, 0.2) is 0 Å². The second-order valence-electron chi connectivity index (χ2n) is 5.74. The Kier molecular flexibility index (Phi) is 6.18. The zero-order valence-electron chi connectivity index (χ0n) is 13.9. The van der Waals surface area contributed by atoms with E-state index in [9.17, 15) is 14.5 Å². The van der Waals surface area contributed by atoms with Gasteiger partial charge in [-0.1, -0.05) is 18.2 Å². The quantitative estimate of drug-likeness (QED) is 0.610. The van der Waals surface area contributed by atoms with Crippen molar-refractivity contribution < 1.29 is 18.7 Å². The molecule has 2 aromatic rings. The largest absolute Gasteiger partial charge is 0.427 e. The predicted molar refractivity (Wildman–Crippen MR) is 94.5 cm³/mol. The Morgan fingerprint density at radius 2 is 2.12 bits per heavy atom. The third kappa shape index (κ3) is 4.57. The van der Waals surface area contributed by atoms with Gasteiger partial charge >= 0.3 is 14.3 Å². The van der Waals surface area contributed by atoms with Gasteiger partial charge in [-0.3, -0.25) is 18.9 Å². The monoisotopic (exact) mass is 381 g/mol. The van der Waals surface area contributed by atoms with Gasteiger partial charge in [0.05, 0.1) is 12.7 Å². The predicted octanol–water partition coefficient (Wildman–Crippen LogP) is 0.988. The lowest BCUT2D eigenvalue weighted by atomic mass is 10.2. The van der Waals surface area contributed by atoms with E-state index in [2.05, 4.69) is 4.98 Å². The first-order chi connectivity index (χ1) is 12.6. The van der Waals surface area contributed by atoms with Crippen LogP contribution in [-0.2, 0) is 15.8 Å². The van der Waals surface area contributed by atoms with Gasteiger partial charge in [0.2, 0.25) is 0 Å². The van der Waals surface area contributed by atoms with Crippen LogP contribution >= 0.6 is 8.60 Å². The normalized spacial score (nSPS) is 20.8. The average molecular weight is 381 g/mol. The standard InChI is InChI=1S/C16H20N3O6P/c17-9-11-3-1-2-4-13(11)25-26(22)23-10-12-5-6-15(24-12)19-8-7-14(20)18-16(19)21/h1-4,7-8,12,15,22H,5-6,9-10,17H2,(H,18,20,21). The van der Waals surface area contributed by atoms with Crippen molar-refractivity contribution in [2.24, 2.45) is 5.73 Å². The minimum atomic E-state index is -2.13. The molecule has 1 aliphatic rings. The molecule has 0 radical (unpaired) electrons. The molecule has 4 N–H and O–H groups in total. The zero-order valence-corrected chi connectivity index (χ0v) is 14.8. The summed E-state index contributed by atoms with van der Waals surface area (Å²) in [6.07, 6.45) is 1.89. The maximum Gasteiger partial charge on any atom is 0.394 e. The summed E-state index contributed by atoms with van der Waals surface area (Å²) in [5.74, 6) is 0.480. The highest BCUT2D eigenvalue weighted by molar-refractivity contribution is 7.41. The molecule has 0 saturated carbocycles. The Bertz CT molecular complexity index is 854. The number of nitrogens with zero attached hydrogens (tertiary/aromatic N) is 1. The summed E-state index contributed by atoms with van der Waals surface area (Å²) < 4.78 is 17.8. The molecule has 10 heteroatoms. The maximum atomic E-state index is 11.8.